The maximum absolute atomic E-state index is 4.79. The number of benzene rings is 1. The van der Waals surface area contributed by atoms with Crippen LogP contribution in [0.15, 0.2) is 28.1 Å². The lowest BCUT2D eigenvalue weighted by atomic mass is 10.1. The molecular formula is C21H38IN5S. The Balaban J connectivity index is 0.00000392. The number of hydrogen-bond acceptors (Lipinski definition) is 4. The Labute approximate surface area is 193 Å². The number of nitrogens with zero attached hydrogens (tertiary/aromatic N) is 3. The molecule has 5 nitrogen and oxygen atoms in total. The predicted octanol–water partition coefficient (Wildman–Crippen LogP) is 3.42. The Kier molecular flexibility index (Phi) is 13.2. The van der Waals surface area contributed by atoms with Gasteiger partial charge in [-0.05, 0) is 76.8 Å². The van der Waals surface area contributed by atoms with Crippen LogP contribution in [0.5, 0.6) is 0 Å². The van der Waals surface area contributed by atoms with Crippen LogP contribution in [-0.4, -0.2) is 74.9 Å². The molecule has 1 aromatic carbocycles. The average Bonchev–Trinajstić information content (AvgIpc) is 2.88. The number of guanidine groups is 1. The highest BCUT2D eigenvalue weighted by atomic mass is 127. The van der Waals surface area contributed by atoms with Crippen molar-refractivity contribution in [2.45, 2.75) is 38.1 Å². The summed E-state index contributed by atoms with van der Waals surface area (Å²) < 4.78 is 0. The third-order valence-corrected chi connectivity index (χ3v) is 5.77. The maximum Gasteiger partial charge on any atom is 0.191 e. The van der Waals surface area contributed by atoms with Gasteiger partial charge in [0.05, 0.1) is 6.54 Å². The van der Waals surface area contributed by atoms with Crippen LogP contribution in [0.4, 0.5) is 0 Å². The van der Waals surface area contributed by atoms with Gasteiger partial charge in [-0.2, -0.15) is 0 Å². The van der Waals surface area contributed by atoms with Crippen LogP contribution in [0, 0.1) is 6.92 Å². The van der Waals surface area contributed by atoms with Crippen LogP contribution in [-0.2, 0) is 6.54 Å². The van der Waals surface area contributed by atoms with E-state index in [2.05, 4.69) is 65.8 Å². The van der Waals surface area contributed by atoms with Crippen molar-refractivity contribution in [2.24, 2.45) is 4.99 Å². The molecule has 1 heterocycles. The first-order valence-corrected chi connectivity index (χ1v) is 11.4. The summed E-state index contributed by atoms with van der Waals surface area (Å²) in [6.07, 6.45) is 4.56. The van der Waals surface area contributed by atoms with Crippen molar-refractivity contribution in [3.8, 4) is 0 Å². The van der Waals surface area contributed by atoms with Crippen LogP contribution < -0.4 is 10.6 Å². The number of halogens is 1. The fourth-order valence-electron chi connectivity index (χ4n) is 3.32. The van der Waals surface area contributed by atoms with Gasteiger partial charge in [0.25, 0.3) is 0 Å². The molecule has 0 aromatic heterocycles. The molecule has 1 fully saturated rings. The number of rotatable bonds is 8. The highest BCUT2D eigenvalue weighted by Crippen LogP contribution is 2.22. The number of thioether (sulfide) groups is 1. The predicted molar refractivity (Wildman–Crippen MR) is 134 cm³/mol. The first-order valence-electron chi connectivity index (χ1n) is 10.2. The minimum atomic E-state index is 0. The summed E-state index contributed by atoms with van der Waals surface area (Å²) in [5, 5.41) is 6.87. The minimum Gasteiger partial charge on any atom is -0.357 e. The van der Waals surface area contributed by atoms with Gasteiger partial charge in [0.2, 0.25) is 0 Å². The van der Waals surface area contributed by atoms with Gasteiger partial charge in [0.1, 0.15) is 0 Å². The zero-order chi connectivity index (χ0) is 19.5. The van der Waals surface area contributed by atoms with Gasteiger partial charge in [-0.25, -0.2) is 4.99 Å². The maximum atomic E-state index is 4.79. The summed E-state index contributed by atoms with van der Waals surface area (Å²) >= 11 is 1.79. The molecule has 2 rings (SSSR count). The molecule has 0 bridgehead atoms. The third-order valence-electron chi connectivity index (χ3n) is 4.95. The first kappa shape index (κ1) is 25.5. The smallest absolute Gasteiger partial charge is 0.191 e. The van der Waals surface area contributed by atoms with E-state index in [-0.39, 0.29) is 24.0 Å². The van der Waals surface area contributed by atoms with Crippen molar-refractivity contribution >= 4 is 41.7 Å². The van der Waals surface area contributed by atoms with E-state index in [9.17, 15) is 0 Å². The summed E-state index contributed by atoms with van der Waals surface area (Å²) in [5.74, 6) is 0.917. The van der Waals surface area contributed by atoms with E-state index in [1.165, 1.54) is 48.6 Å². The molecule has 0 saturated carbocycles. The fraction of sp³-hybridized carbons (Fsp3) is 0.667. The second-order valence-electron chi connectivity index (χ2n) is 7.29. The van der Waals surface area contributed by atoms with Crippen LogP contribution in [0.25, 0.3) is 0 Å². The Bertz CT molecular complexity index is 596. The van der Waals surface area contributed by atoms with Gasteiger partial charge in [0, 0.05) is 31.1 Å². The Hall–Kier alpha value is -0.510. The molecule has 1 aromatic rings. The van der Waals surface area contributed by atoms with E-state index < -0.39 is 0 Å². The molecule has 2 N–H and O–H groups in total. The number of aliphatic imine (C=N–C) groups is 1. The lowest BCUT2D eigenvalue weighted by molar-refractivity contribution is 0.274. The quantitative estimate of drug-likeness (QED) is 0.181. The molecule has 1 aliphatic heterocycles. The lowest BCUT2D eigenvalue weighted by Gasteiger charge is -2.20. The molecule has 160 valence electrons. The van der Waals surface area contributed by atoms with E-state index >= 15 is 0 Å². The molecule has 0 spiro atoms. The minimum absolute atomic E-state index is 0. The van der Waals surface area contributed by atoms with Gasteiger partial charge < -0.3 is 20.4 Å². The van der Waals surface area contributed by atoms with Crippen LogP contribution >= 0.6 is 35.7 Å². The molecule has 1 aliphatic rings. The molecule has 1 saturated heterocycles. The standard InChI is InChI=1S/C21H37N5S.HI/c1-5-22-21(24-17-19-9-8-18(2)16-20(19)27-4)23-10-6-12-26-13-7-11-25(3)14-15-26;/h8-9,16H,5-7,10-15,17H2,1-4H3,(H2,22,23,24);1H. The molecule has 0 unspecified atom stereocenters. The second-order valence-corrected chi connectivity index (χ2v) is 8.14. The Morgan fingerprint density at radius 3 is 2.75 bits per heavy atom. The molecule has 0 aliphatic carbocycles. The highest BCUT2D eigenvalue weighted by Gasteiger charge is 2.11. The monoisotopic (exact) mass is 519 g/mol. The van der Waals surface area contributed by atoms with E-state index in [1.807, 2.05) is 0 Å². The van der Waals surface area contributed by atoms with Gasteiger partial charge in [0.15, 0.2) is 5.96 Å². The van der Waals surface area contributed by atoms with Crippen molar-refractivity contribution in [3.63, 3.8) is 0 Å². The number of nitrogens with one attached hydrogen (secondary N) is 2. The average molecular weight is 520 g/mol. The zero-order valence-electron chi connectivity index (χ0n) is 18.0. The van der Waals surface area contributed by atoms with Gasteiger partial charge in [-0.15, -0.1) is 35.7 Å². The normalized spacial score (nSPS) is 16.4. The molecule has 7 heteroatoms. The van der Waals surface area contributed by atoms with E-state index in [4.69, 9.17) is 4.99 Å². The van der Waals surface area contributed by atoms with Gasteiger partial charge >= 0.3 is 0 Å². The SMILES string of the molecule is CCNC(=NCc1ccc(C)cc1SC)NCCCN1CCCN(C)CC1.I. The van der Waals surface area contributed by atoms with E-state index in [1.54, 1.807) is 11.8 Å². The van der Waals surface area contributed by atoms with Crippen LogP contribution in [0.3, 0.4) is 0 Å². The fourth-order valence-corrected chi connectivity index (χ4v) is 4.02. The number of likely N-dealkylation sites (N-methyl/N-ethyl adjacent to an activating group) is 1. The summed E-state index contributed by atoms with van der Waals surface area (Å²) in [4.78, 5) is 11.1. The molecule has 0 atom stereocenters. The molecule has 28 heavy (non-hydrogen) atoms. The summed E-state index contributed by atoms with van der Waals surface area (Å²) in [7, 11) is 2.22. The van der Waals surface area contributed by atoms with Crippen molar-refractivity contribution in [1.82, 2.24) is 20.4 Å². The van der Waals surface area contributed by atoms with Gasteiger partial charge in [-0.3, -0.25) is 0 Å². The van der Waals surface area contributed by atoms with E-state index in [0.29, 0.717) is 6.54 Å². The molecule has 0 amide bonds. The van der Waals surface area contributed by atoms with Crippen LogP contribution in [0.2, 0.25) is 0 Å². The Morgan fingerprint density at radius 2 is 2.00 bits per heavy atom. The largest absolute Gasteiger partial charge is 0.357 e. The molecule has 0 radical (unpaired) electrons. The third kappa shape index (κ3) is 9.33. The summed E-state index contributed by atoms with van der Waals surface area (Å²) in [6, 6.07) is 6.61. The van der Waals surface area contributed by atoms with E-state index in [0.717, 1.165) is 32.0 Å². The highest BCUT2D eigenvalue weighted by molar-refractivity contribution is 14.0. The summed E-state index contributed by atoms with van der Waals surface area (Å²) in [5.41, 5.74) is 2.59. The van der Waals surface area contributed by atoms with Crippen LogP contribution in [0.1, 0.15) is 30.9 Å². The second kappa shape index (κ2) is 14.5. The zero-order valence-corrected chi connectivity index (χ0v) is 21.1. The molecular weight excluding hydrogens is 481 g/mol. The van der Waals surface area contributed by atoms with Crippen molar-refractivity contribution in [1.29, 1.82) is 0 Å². The van der Waals surface area contributed by atoms with Crippen molar-refractivity contribution in [3.05, 3.63) is 29.3 Å². The lowest BCUT2D eigenvalue weighted by Crippen LogP contribution is -2.39. The Morgan fingerprint density at radius 1 is 1.18 bits per heavy atom. The summed E-state index contributed by atoms with van der Waals surface area (Å²) in [6.45, 7) is 12.8. The number of aryl methyl sites for hydroxylation is 1. The van der Waals surface area contributed by atoms with Crippen molar-refractivity contribution in [2.75, 3.05) is 59.1 Å². The van der Waals surface area contributed by atoms with Crippen molar-refractivity contribution < 1.29 is 0 Å². The number of hydrogen-bond donors (Lipinski definition) is 2. The topological polar surface area (TPSA) is 42.9 Å². The van der Waals surface area contributed by atoms with Gasteiger partial charge in [-0.1, -0.05) is 12.1 Å². The first-order chi connectivity index (χ1) is 13.1.